The van der Waals surface area contributed by atoms with E-state index in [-0.39, 0.29) is 17.7 Å². The lowest BCUT2D eigenvalue weighted by Gasteiger charge is -2.07. The molecule has 0 saturated carbocycles. The van der Waals surface area contributed by atoms with Crippen molar-refractivity contribution in [1.29, 1.82) is 5.26 Å². The summed E-state index contributed by atoms with van der Waals surface area (Å²) in [4.78, 5) is 26.6. The standard InChI is InChI=1S/C28H23N3O4/c29-16-23(27(32)30-14-13-22-17-31-26-4-2-1-3-25(22)26)15-19-7-11-24(12-8-19)35-18-20-5-9-21(10-6-20)28(33)34/h1-12,15,17,31H,13-14,18H2,(H,30,32)(H,33,34). The van der Waals surface area contributed by atoms with Gasteiger partial charge in [0.25, 0.3) is 5.91 Å². The van der Waals surface area contributed by atoms with Crippen LogP contribution in [0.5, 0.6) is 5.75 Å². The average molecular weight is 466 g/mol. The molecule has 0 unspecified atom stereocenters. The monoisotopic (exact) mass is 465 g/mol. The number of hydrogen-bond acceptors (Lipinski definition) is 4. The Labute approximate surface area is 202 Å². The van der Waals surface area contributed by atoms with Crippen LogP contribution in [0, 0.1) is 11.3 Å². The van der Waals surface area contributed by atoms with Gasteiger partial charge in [-0.1, -0.05) is 42.5 Å². The van der Waals surface area contributed by atoms with Crippen molar-refractivity contribution in [1.82, 2.24) is 10.3 Å². The molecule has 0 spiro atoms. The van der Waals surface area contributed by atoms with Crippen LogP contribution in [0.15, 0.2) is 84.6 Å². The summed E-state index contributed by atoms with van der Waals surface area (Å²) in [6.07, 6.45) is 4.13. The van der Waals surface area contributed by atoms with E-state index in [1.165, 1.54) is 18.2 Å². The molecule has 1 amide bonds. The van der Waals surface area contributed by atoms with Gasteiger partial charge in [0.15, 0.2) is 0 Å². The molecule has 4 rings (SSSR count). The number of nitrogens with zero attached hydrogens (tertiary/aromatic N) is 1. The molecule has 3 aromatic carbocycles. The van der Waals surface area contributed by atoms with Crippen molar-refractivity contribution in [3.8, 4) is 11.8 Å². The van der Waals surface area contributed by atoms with Crippen molar-refractivity contribution in [3.63, 3.8) is 0 Å². The Balaban J connectivity index is 1.31. The molecule has 0 aliphatic rings. The van der Waals surface area contributed by atoms with E-state index in [1.54, 1.807) is 36.4 Å². The first-order valence-electron chi connectivity index (χ1n) is 11.0. The Hall–Kier alpha value is -4.83. The van der Waals surface area contributed by atoms with E-state index in [2.05, 4.69) is 10.3 Å². The minimum Gasteiger partial charge on any atom is -0.489 e. The minimum atomic E-state index is -0.971. The zero-order valence-corrected chi connectivity index (χ0v) is 18.8. The largest absolute Gasteiger partial charge is 0.489 e. The Morgan fingerprint density at radius 2 is 1.77 bits per heavy atom. The molecular formula is C28H23N3O4. The topological polar surface area (TPSA) is 115 Å². The molecule has 35 heavy (non-hydrogen) atoms. The van der Waals surface area contributed by atoms with Gasteiger partial charge < -0.3 is 20.1 Å². The van der Waals surface area contributed by atoms with Gasteiger partial charge >= 0.3 is 5.97 Å². The quantitative estimate of drug-likeness (QED) is 0.245. The number of fused-ring (bicyclic) bond motifs is 1. The summed E-state index contributed by atoms with van der Waals surface area (Å²) in [5, 5.41) is 22.3. The zero-order valence-electron chi connectivity index (χ0n) is 18.8. The lowest BCUT2D eigenvalue weighted by molar-refractivity contribution is -0.117. The number of H-pyrrole nitrogens is 1. The summed E-state index contributed by atoms with van der Waals surface area (Å²) >= 11 is 0. The van der Waals surface area contributed by atoms with Crippen LogP contribution in [0.4, 0.5) is 0 Å². The molecule has 0 atom stereocenters. The van der Waals surface area contributed by atoms with Gasteiger partial charge in [-0.3, -0.25) is 4.79 Å². The second kappa shape index (κ2) is 10.9. The number of carbonyl (C=O) groups is 2. The number of aromatic nitrogens is 1. The summed E-state index contributed by atoms with van der Waals surface area (Å²) in [6, 6.07) is 23.4. The lowest BCUT2D eigenvalue weighted by Crippen LogP contribution is -2.26. The minimum absolute atomic E-state index is 0.0242. The Kier molecular flexibility index (Phi) is 7.24. The highest BCUT2D eigenvalue weighted by molar-refractivity contribution is 6.01. The molecule has 0 aliphatic heterocycles. The van der Waals surface area contributed by atoms with Crippen molar-refractivity contribution in [2.45, 2.75) is 13.0 Å². The van der Waals surface area contributed by atoms with Crippen molar-refractivity contribution in [3.05, 3.63) is 107 Å². The molecule has 7 heteroatoms. The van der Waals surface area contributed by atoms with Crippen molar-refractivity contribution in [2.24, 2.45) is 0 Å². The number of aromatic amines is 1. The zero-order chi connectivity index (χ0) is 24.6. The van der Waals surface area contributed by atoms with E-state index < -0.39 is 11.9 Å². The molecule has 3 N–H and O–H groups in total. The highest BCUT2D eigenvalue weighted by atomic mass is 16.5. The average Bonchev–Trinajstić information content (AvgIpc) is 3.30. The van der Waals surface area contributed by atoms with E-state index in [4.69, 9.17) is 9.84 Å². The number of amides is 1. The van der Waals surface area contributed by atoms with Crippen LogP contribution in [0.1, 0.15) is 27.0 Å². The number of nitrogens with one attached hydrogen (secondary N) is 2. The Morgan fingerprint density at radius 3 is 2.49 bits per heavy atom. The van der Waals surface area contributed by atoms with Gasteiger partial charge in [0.1, 0.15) is 24.0 Å². The fourth-order valence-electron chi connectivity index (χ4n) is 3.63. The third-order valence-electron chi connectivity index (χ3n) is 5.52. The van der Waals surface area contributed by atoms with Gasteiger partial charge in [-0.2, -0.15) is 5.26 Å². The third-order valence-corrected chi connectivity index (χ3v) is 5.52. The Bertz CT molecular complexity index is 1410. The van der Waals surface area contributed by atoms with Crippen LogP contribution >= 0.6 is 0 Å². The molecule has 0 saturated heterocycles. The van der Waals surface area contributed by atoms with Crippen LogP contribution in [0.2, 0.25) is 0 Å². The summed E-state index contributed by atoms with van der Waals surface area (Å²) < 4.78 is 5.73. The first-order chi connectivity index (χ1) is 17.0. The summed E-state index contributed by atoms with van der Waals surface area (Å²) in [5.74, 6) is -0.774. The lowest BCUT2D eigenvalue weighted by atomic mass is 10.1. The van der Waals surface area contributed by atoms with Crippen LogP contribution in [0.25, 0.3) is 17.0 Å². The Morgan fingerprint density at radius 1 is 1.03 bits per heavy atom. The fraction of sp³-hybridized carbons (Fsp3) is 0.107. The predicted octanol–water partition coefficient (Wildman–Crippen LogP) is 4.71. The molecule has 174 valence electrons. The van der Waals surface area contributed by atoms with Gasteiger partial charge in [0, 0.05) is 23.6 Å². The maximum absolute atomic E-state index is 12.5. The number of nitriles is 1. The molecule has 0 bridgehead atoms. The molecule has 0 radical (unpaired) electrons. The number of hydrogen-bond donors (Lipinski definition) is 3. The maximum Gasteiger partial charge on any atom is 0.335 e. The smallest absolute Gasteiger partial charge is 0.335 e. The van der Waals surface area contributed by atoms with Gasteiger partial charge in [-0.05, 0) is 59.5 Å². The molecule has 1 aromatic heterocycles. The second-order valence-electron chi connectivity index (χ2n) is 7.90. The number of carbonyl (C=O) groups excluding carboxylic acids is 1. The predicted molar refractivity (Wildman–Crippen MR) is 133 cm³/mol. The summed E-state index contributed by atoms with van der Waals surface area (Å²) in [5.41, 5.74) is 3.95. The number of carboxylic acid groups (broad SMARTS) is 1. The maximum atomic E-state index is 12.5. The molecule has 1 heterocycles. The number of carboxylic acids is 1. The first-order valence-corrected chi connectivity index (χ1v) is 11.0. The third kappa shape index (κ3) is 5.95. The van der Waals surface area contributed by atoms with Crippen molar-refractivity contribution in [2.75, 3.05) is 6.54 Å². The number of ether oxygens (including phenoxy) is 1. The fourth-order valence-corrected chi connectivity index (χ4v) is 3.63. The number of benzene rings is 3. The highest BCUT2D eigenvalue weighted by Gasteiger charge is 2.10. The van der Waals surface area contributed by atoms with Crippen LogP contribution in [-0.4, -0.2) is 28.5 Å². The second-order valence-corrected chi connectivity index (χ2v) is 7.90. The molecule has 4 aromatic rings. The van der Waals surface area contributed by atoms with Gasteiger partial charge in [0.05, 0.1) is 5.56 Å². The molecule has 7 nitrogen and oxygen atoms in total. The van der Waals surface area contributed by atoms with Gasteiger partial charge in [-0.15, -0.1) is 0 Å². The molecule has 0 fully saturated rings. The van der Waals surface area contributed by atoms with Crippen LogP contribution < -0.4 is 10.1 Å². The van der Waals surface area contributed by atoms with Crippen molar-refractivity contribution >= 4 is 28.9 Å². The van der Waals surface area contributed by atoms with E-state index in [1.807, 2.05) is 36.5 Å². The molecular weight excluding hydrogens is 442 g/mol. The van der Waals surface area contributed by atoms with E-state index in [0.717, 1.165) is 22.0 Å². The van der Waals surface area contributed by atoms with Crippen LogP contribution in [-0.2, 0) is 17.8 Å². The summed E-state index contributed by atoms with van der Waals surface area (Å²) in [6.45, 7) is 0.706. The normalized spacial score (nSPS) is 11.1. The first kappa shape index (κ1) is 23.3. The van der Waals surface area contributed by atoms with Gasteiger partial charge in [-0.25, -0.2) is 4.79 Å². The number of rotatable bonds is 9. The number of para-hydroxylation sites is 1. The summed E-state index contributed by atoms with van der Waals surface area (Å²) in [7, 11) is 0. The van der Waals surface area contributed by atoms with E-state index in [9.17, 15) is 14.9 Å². The van der Waals surface area contributed by atoms with Crippen LogP contribution in [0.3, 0.4) is 0 Å². The molecule has 0 aliphatic carbocycles. The van der Waals surface area contributed by atoms with E-state index >= 15 is 0 Å². The SMILES string of the molecule is N#CC(=Cc1ccc(OCc2ccc(C(=O)O)cc2)cc1)C(=O)NCCc1c[nH]c2ccccc12. The van der Waals surface area contributed by atoms with Crippen molar-refractivity contribution < 1.29 is 19.4 Å². The number of aromatic carboxylic acids is 1. The van der Waals surface area contributed by atoms with E-state index in [0.29, 0.717) is 24.3 Å². The highest BCUT2D eigenvalue weighted by Crippen LogP contribution is 2.18. The van der Waals surface area contributed by atoms with Gasteiger partial charge in [0.2, 0.25) is 0 Å².